The van der Waals surface area contributed by atoms with E-state index >= 15 is 0 Å². The van der Waals surface area contributed by atoms with Crippen molar-refractivity contribution in [3.63, 3.8) is 0 Å². The van der Waals surface area contributed by atoms with Crippen LogP contribution in [0, 0.1) is 0 Å². The van der Waals surface area contributed by atoms with E-state index < -0.39 is 0 Å². The highest BCUT2D eigenvalue weighted by atomic mass is 28.2. The van der Waals surface area contributed by atoms with Gasteiger partial charge in [0.25, 0.3) is 0 Å². The first kappa shape index (κ1) is 9.99. The molecule has 0 atom stereocenters. The Hall–Kier alpha value is -0.113. The largest absolute Gasteiger partial charge is 0.300 e. The first-order valence-corrected chi connectivity index (χ1v) is 5.45. The summed E-state index contributed by atoms with van der Waals surface area (Å²) in [5, 5.41) is 0. The molecule has 0 aliphatic heterocycles. The van der Waals surface area contributed by atoms with Gasteiger partial charge in [-0.3, -0.25) is 0 Å². The predicted molar refractivity (Wildman–Crippen MR) is 36.6 cm³/mol. The van der Waals surface area contributed by atoms with Gasteiger partial charge in [0.2, 0.25) is 0 Å². The van der Waals surface area contributed by atoms with Gasteiger partial charge in [0.1, 0.15) is 5.78 Å². The fourth-order valence-corrected chi connectivity index (χ4v) is 0. The Morgan fingerprint density at radius 3 is 1.29 bits per heavy atom. The molecule has 0 radical (unpaired) electrons. The molecule has 44 valence electrons. The van der Waals surface area contributed by atoms with E-state index in [1.165, 1.54) is 13.8 Å². The van der Waals surface area contributed by atoms with E-state index in [0.29, 0.717) is 9.52 Å². The molecule has 0 spiro atoms. The van der Waals surface area contributed by atoms with Gasteiger partial charge in [-0.25, -0.2) is 0 Å². The highest BCUT2D eigenvalue weighted by Crippen LogP contribution is 1.50. The van der Waals surface area contributed by atoms with Gasteiger partial charge < -0.3 is 4.79 Å². The summed E-state index contributed by atoms with van der Waals surface area (Å²) in [4.78, 5) is 9.44. The third kappa shape index (κ3) is 6950. The minimum Gasteiger partial charge on any atom is -0.300 e. The molecule has 0 unspecified atom stereocenters. The van der Waals surface area contributed by atoms with Gasteiger partial charge in [-0.05, 0) is 13.8 Å². The molecule has 0 saturated carbocycles. The summed E-state index contributed by atoms with van der Waals surface area (Å²) in [5.41, 5.74) is 0. The second-order valence-corrected chi connectivity index (χ2v) is 3.03. The lowest BCUT2D eigenvalue weighted by atomic mass is 10.6. The average Bonchev–Trinajstić information content (AvgIpc) is 1.33. The summed E-state index contributed by atoms with van der Waals surface area (Å²) in [7, 11) is 0.417. The summed E-state index contributed by atoms with van der Waals surface area (Å²) in [5.74, 6) is 0.167. The van der Waals surface area contributed by atoms with Gasteiger partial charge in [0.05, 0.1) is 0 Å². The first-order chi connectivity index (χ1) is 3.15. The molecule has 7 heavy (non-hydrogen) atoms. The fourth-order valence-electron chi connectivity index (χ4n) is 0. The molecule has 0 heterocycles. The molecular weight excluding hydrogens is 104 g/mol. The molecule has 0 fully saturated rings. The zero-order valence-corrected chi connectivity index (χ0v) is 7.03. The van der Waals surface area contributed by atoms with Crippen LogP contribution in [0.4, 0.5) is 0 Å². The van der Waals surface area contributed by atoms with Crippen LogP contribution < -0.4 is 0 Å². The van der Waals surface area contributed by atoms with Crippen molar-refractivity contribution >= 4 is 15.3 Å². The Labute approximate surface area is 47.9 Å². The zero-order valence-electron chi connectivity index (χ0n) is 5.62. The Morgan fingerprint density at radius 1 is 1.29 bits per heavy atom. The van der Waals surface area contributed by atoms with Crippen molar-refractivity contribution in [3.05, 3.63) is 0 Å². The Bertz CT molecular complexity index is 39.3. The van der Waals surface area contributed by atoms with E-state index in [-0.39, 0.29) is 5.78 Å². The molecule has 0 rings (SSSR count). The fraction of sp³-hybridized carbons (Fsp3) is 0.800. The second-order valence-electron chi connectivity index (χ2n) is 1.62. The van der Waals surface area contributed by atoms with Crippen molar-refractivity contribution in [1.29, 1.82) is 0 Å². The minimum absolute atomic E-state index is 0.167. The molecule has 0 aliphatic rings. The highest BCUT2D eigenvalue weighted by molar-refractivity contribution is 6.31. The average molecular weight is 118 g/mol. The van der Waals surface area contributed by atoms with Crippen LogP contribution in [0.5, 0.6) is 0 Å². The smallest absolute Gasteiger partial charge is 0.126 e. The highest BCUT2D eigenvalue weighted by Gasteiger charge is 1.62. The summed E-state index contributed by atoms with van der Waals surface area (Å²) in [6.45, 7) is 7.58. The quantitative estimate of drug-likeness (QED) is 0.431. The summed E-state index contributed by atoms with van der Waals surface area (Å²) in [6.07, 6.45) is 0. The van der Waals surface area contributed by atoms with Gasteiger partial charge >= 0.3 is 0 Å². The van der Waals surface area contributed by atoms with Crippen molar-refractivity contribution in [1.82, 2.24) is 0 Å². The molecule has 0 aromatic heterocycles. The van der Waals surface area contributed by atoms with Crippen LogP contribution in [0.2, 0.25) is 13.1 Å². The van der Waals surface area contributed by atoms with Crippen molar-refractivity contribution in [3.8, 4) is 0 Å². The summed E-state index contributed by atoms with van der Waals surface area (Å²) >= 11 is 0. The Morgan fingerprint density at radius 2 is 1.29 bits per heavy atom. The molecule has 2 heteroatoms. The van der Waals surface area contributed by atoms with Gasteiger partial charge in [0, 0.05) is 9.52 Å². The third-order valence-corrected chi connectivity index (χ3v) is 0. The monoisotopic (exact) mass is 118 g/mol. The molecule has 0 amide bonds. The van der Waals surface area contributed by atoms with Crippen LogP contribution in [0.15, 0.2) is 0 Å². The first-order valence-electron chi connectivity index (χ1n) is 2.62. The van der Waals surface area contributed by atoms with Crippen LogP contribution in [-0.2, 0) is 4.79 Å². The normalized spacial score (nSPS) is 6.29. The molecule has 0 saturated heterocycles. The van der Waals surface area contributed by atoms with E-state index in [1.54, 1.807) is 0 Å². The topological polar surface area (TPSA) is 17.1 Å². The lowest BCUT2D eigenvalue weighted by Gasteiger charge is -1.56. The van der Waals surface area contributed by atoms with Crippen molar-refractivity contribution in [2.45, 2.75) is 26.9 Å². The van der Waals surface area contributed by atoms with Gasteiger partial charge in [-0.15, -0.1) is 0 Å². The number of hydrogen-bond donors (Lipinski definition) is 0. The standard InChI is InChI=1S/C3H6O.C2H8Si/c1-3(2)4;1-3-2/h1-2H3;3H2,1-2H3. The summed E-state index contributed by atoms with van der Waals surface area (Å²) < 4.78 is 0. The lowest BCUT2D eigenvalue weighted by Crippen LogP contribution is -1.69. The molecule has 0 bridgehead atoms. The van der Waals surface area contributed by atoms with E-state index in [1.807, 2.05) is 0 Å². The lowest BCUT2D eigenvalue weighted by molar-refractivity contribution is -0.114. The maximum atomic E-state index is 9.44. The number of hydrogen-bond acceptors (Lipinski definition) is 1. The zero-order chi connectivity index (χ0) is 6.28. The van der Waals surface area contributed by atoms with Crippen LogP contribution in [0.25, 0.3) is 0 Å². The van der Waals surface area contributed by atoms with E-state index in [9.17, 15) is 4.79 Å². The van der Waals surface area contributed by atoms with Crippen molar-refractivity contribution < 1.29 is 4.79 Å². The molecular formula is C5H14OSi. The van der Waals surface area contributed by atoms with E-state index in [4.69, 9.17) is 0 Å². The number of ketones is 1. The van der Waals surface area contributed by atoms with E-state index in [2.05, 4.69) is 13.1 Å². The third-order valence-electron chi connectivity index (χ3n) is 0. The molecule has 0 N–H and O–H groups in total. The SMILES string of the molecule is CC(C)=O.C[SiH2]C. The van der Waals surface area contributed by atoms with Crippen LogP contribution in [-0.4, -0.2) is 15.3 Å². The van der Waals surface area contributed by atoms with Crippen molar-refractivity contribution in [2.75, 3.05) is 0 Å². The maximum Gasteiger partial charge on any atom is 0.126 e. The van der Waals surface area contributed by atoms with Crippen LogP contribution >= 0.6 is 0 Å². The van der Waals surface area contributed by atoms with E-state index in [0.717, 1.165) is 0 Å². The van der Waals surface area contributed by atoms with Gasteiger partial charge in [0.15, 0.2) is 0 Å². The van der Waals surface area contributed by atoms with Gasteiger partial charge in [-0.2, -0.15) is 0 Å². The molecule has 0 aliphatic carbocycles. The second kappa shape index (κ2) is 9.31. The predicted octanol–water partition coefficient (Wildman–Crippen LogP) is 0.847. The Kier molecular flexibility index (Phi) is 13.3. The maximum absolute atomic E-state index is 9.44. The number of Topliss-reactive ketones (excluding diaryl/α,β-unsaturated/α-hetero) is 1. The van der Waals surface area contributed by atoms with Gasteiger partial charge in [-0.1, -0.05) is 13.1 Å². The van der Waals surface area contributed by atoms with Crippen molar-refractivity contribution in [2.24, 2.45) is 0 Å². The van der Waals surface area contributed by atoms with Crippen LogP contribution in [0.1, 0.15) is 13.8 Å². The summed E-state index contributed by atoms with van der Waals surface area (Å²) in [6, 6.07) is 0. The molecule has 0 aromatic rings. The number of rotatable bonds is 0. The number of carbonyl (C=O) groups is 1. The Balaban J connectivity index is 0. The molecule has 1 nitrogen and oxygen atoms in total. The number of carbonyl (C=O) groups excluding carboxylic acids is 1. The van der Waals surface area contributed by atoms with Crippen LogP contribution in [0.3, 0.4) is 0 Å². The molecule has 0 aromatic carbocycles. The minimum atomic E-state index is 0.167.